The zero-order valence-electron chi connectivity index (χ0n) is 9.14. The monoisotopic (exact) mass is 198 g/mol. The Balaban J connectivity index is 3.38. The van der Waals surface area contributed by atoms with Crippen LogP contribution in [-0.2, 0) is 9.59 Å². The fourth-order valence-corrected chi connectivity index (χ4v) is 1.13. The van der Waals surface area contributed by atoms with Crippen LogP contribution in [0.1, 0.15) is 46.0 Å². The molecule has 0 aliphatic heterocycles. The Hall–Kier alpha value is -0.860. The SMILES string of the molecule is CCCCCC(=O)NCC(C)C[C]=O. The molecule has 0 aliphatic carbocycles. The number of amides is 1. The molecule has 1 amide bonds. The molecule has 3 nitrogen and oxygen atoms in total. The second-order valence-electron chi connectivity index (χ2n) is 3.71. The van der Waals surface area contributed by atoms with Crippen LogP contribution in [0.5, 0.6) is 0 Å². The zero-order chi connectivity index (χ0) is 10.8. The molecular formula is C11H20NO2. The van der Waals surface area contributed by atoms with Gasteiger partial charge in [0.15, 0.2) is 6.29 Å². The lowest BCUT2D eigenvalue weighted by Gasteiger charge is -2.08. The Morgan fingerprint density at radius 2 is 2.14 bits per heavy atom. The lowest BCUT2D eigenvalue weighted by atomic mass is 10.1. The summed E-state index contributed by atoms with van der Waals surface area (Å²) in [4.78, 5) is 21.3. The first-order valence-corrected chi connectivity index (χ1v) is 5.32. The molecule has 0 heterocycles. The molecule has 1 N–H and O–H groups in total. The molecule has 1 unspecified atom stereocenters. The first kappa shape index (κ1) is 13.1. The summed E-state index contributed by atoms with van der Waals surface area (Å²) >= 11 is 0. The summed E-state index contributed by atoms with van der Waals surface area (Å²) < 4.78 is 0. The van der Waals surface area contributed by atoms with Crippen LogP contribution >= 0.6 is 0 Å². The zero-order valence-corrected chi connectivity index (χ0v) is 9.14. The van der Waals surface area contributed by atoms with Crippen molar-refractivity contribution < 1.29 is 9.59 Å². The third-order valence-corrected chi connectivity index (χ3v) is 2.09. The van der Waals surface area contributed by atoms with E-state index in [4.69, 9.17) is 0 Å². The van der Waals surface area contributed by atoms with Crippen molar-refractivity contribution in [1.29, 1.82) is 0 Å². The Kier molecular flexibility index (Phi) is 8.19. The van der Waals surface area contributed by atoms with E-state index in [1.165, 1.54) is 0 Å². The summed E-state index contributed by atoms with van der Waals surface area (Å²) in [7, 11) is 0. The maximum absolute atomic E-state index is 11.2. The Labute approximate surface area is 86.3 Å². The van der Waals surface area contributed by atoms with Crippen LogP contribution in [0.15, 0.2) is 0 Å². The van der Waals surface area contributed by atoms with Gasteiger partial charge in [-0.1, -0.05) is 26.7 Å². The molecule has 0 aliphatic rings. The molecule has 0 fully saturated rings. The molecule has 1 atom stereocenters. The van der Waals surface area contributed by atoms with Crippen LogP contribution in [0.3, 0.4) is 0 Å². The van der Waals surface area contributed by atoms with E-state index in [1.54, 1.807) is 0 Å². The minimum absolute atomic E-state index is 0.0937. The second-order valence-corrected chi connectivity index (χ2v) is 3.71. The predicted molar refractivity (Wildman–Crippen MR) is 56.6 cm³/mol. The number of carbonyl (C=O) groups is 1. The highest BCUT2D eigenvalue weighted by molar-refractivity contribution is 5.75. The molecule has 14 heavy (non-hydrogen) atoms. The average Bonchev–Trinajstić information content (AvgIpc) is 2.16. The Morgan fingerprint density at radius 1 is 1.43 bits per heavy atom. The van der Waals surface area contributed by atoms with Gasteiger partial charge in [-0.15, -0.1) is 0 Å². The molecule has 0 rings (SSSR count). The van der Waals surface area contributed by atoms with Crippen LogP contribution in [0.4, 0.5) is 0 Å². The van der Waals surface area contributed by atoms with E-state index < -0.39 is 0 Å². The Bertz CT molecular complexity index is 169. The van der Waals surface area contributed by atoms with Crippen LogP contribution in [-0.4, -0.2) is 18.7 Å². The molecule has 0 spiro atoms. The number of hydrogen-bond donors (Lipinski definition) is 1. The fourth-order valence-electron chi connectivity index (χ4n) is 1.13. The first-order chi connectivity index (χ1) is 6.70. The maximum atomic E-state index is 11.2. The third-order valence-electron chi connectivity index (χ3n) is 2.09. The van der Waals surface area contributed by atoms with Gasteiger partial charge < -0.3 is 5.32 Å². The van der Waals surface area contributed by atoms with E-state index in [1.807, 2.05) is 13.2 Å². The van der Waals surface area contributed by atoms with Crippen LogP contribution in [0.2, 0.25) is 0 Å². The summed E-state index contributed by atoms with van der Waals surface area (Å²) in [6, 6.07) is 0. The highest BCUT2D eigenvalue weighted by atomic mass is 16.1. The van der Waals surface area contributed by atoms with E-state index >= 15 is 0 Å². The van der Waals surface area contributed by atoms with Crippen LogP contribution < -0.4 is 5.32 Å². The van der Waals surface area contributed by atoms with Gasteiger partial charge in [0.2, 0.25) is 5.91 Å². The summed E-state index contributed by atoms with van der Waals surface area (Å²) in [6.07, 6.45) is 6.03. The van der Waals surface area contributed by atoms with Crippen molar-refractivity contribution >= 4 is 12.2 Å². The number of rotatable bonds is 8. The molecule has 0 saturated heterocycles. The molecular weight excluding hydrogens is 178 g/mol. The summed E-state index contributed by atoms with van der Waals surface area (Å²) in [5.74, 6) is 0.291. The summed E-state index contributed by atoms with van der Waals surface area (Å²) in [5.41, 5.74) is 0. The number of nitrogens with one attached hydrogen (secondary N) is 1. The lowest BCUT2D eigenvalue weighted by molar-refractivity contribution is -0.121. The van der Waals surface area contributed by atoms with Crippen molar-refractivity contribution in [2.45, 2.75) is 46.0 Å². The largest absolute Gasteiger partial charge is 0.356 e. The number of hydrogen-bond acceptors (Lipinski definition) is 2. The quantitative estimate of drug-likeness (QED) is 0.605. The minimum Gasteiger partial charge on any atom is -0.356 e. The average molecular weight is 198 g/mol. The van der Waals surface area contributed by atoms with E-state index in [2.05, 4.69) is 12.2 Å². The Morgan fingerprint density at radius 3 is 2.71 bits per heavy atom. The van der Waals surface area contributed by atoms with Crippen molar-refractivity contribution in [3.8, 4) is 0 Å². The smallest absolute Gasteiger partial charge is 0.220 e. The van der Waals surface area contributed by atoms with Crippen molar-refractivity contribution in [1.82, 2.24) is 5.32 Å². The number of unbranched alkanes of at least 4 members (excludes halogenated alkanes) is 2. The number of carbonyl (C=O) groups excluding carboxylic acids is 2. The van der Waals surface area contributed by atoms with Crippen molar-refractivity contribution in [2.24, 2.45) is 5.92 Å². The van der Waals surface area contributed by atoms with Crippen LogP contribution in [0, 0.1) is 5.92 Å². The van der Waals surface area contributed by atoms with Gasteiger partial charge in [-0.3, -0.25) is 9.59 Å². The standard InChI is InChI=1S/C11H20NO2/c1-3-4-5-6-11(14)12-9-10(2)7-8-13/h10H,3-7,9H2,1-2H3,(H,12,14). The normalized spacial score (nSPS) is 12.1. The van der Waals surface area contributed by atoms with Crippen molar-refractivity contribution in [2.75, 3.05) is 6.54 Å². The van der Waals surface area contributed by atoms with Crippen LogP contribution in [0.25, 0.3) is 0 Å². The first-order valence-electron chi connectivity index (χ1n) is 5.32. The molecule has 0 aromatic carbocycles. The van der Waals surface area contributed by atoms with Crippen molar-refractivity contribution in [3.05, 3.63) is 0 Å². The van der Waals surface area contributed by atoms with E-state index in [9.17, 15) is 9.59 Å². The summed E-state index contributed by atoms with van der Waals surface area (Å²) in [5, 5.41) is 2.81. The molecule has 0 aromatic rings. The topological polar surface area (TPSA) is 46.2 Å². The lowest BCUT2D eigenvalue weighted by Crippen LogP contribution is -2.28. The highest BCUT2D eigenvalue weighted by Crippen LogP contribution is 2.00. The minimum atomic E-state index is 0.0937. The van der Waals surface area contributed by atoms with E-state index in [-0.39, 0.29) is 11.8 Å². The maximum Gasteiger partial charge on any atom is 0.220 e. The van der Waals surface area contributed by atoms with Gasteiger partial charge in [-0.2, -0.15) is 0 Å². The molecule has 0 bridgehead atoms. The molecule has 81 valence electrons. The van der Waals surface area contributed by atoms with Gasteiger partial charge in [0.05, 0.1) is 0 Å². The predicted octanol–water partition coefficient (Wildman–Crippen LogP) is 1.82. The molecule has 0 saturated carbocycles. The van der Waals surface area contributed by atoms with E-state index in [0.717, 1.165) is 19.3 Å². The van der Waals surface area contributed by atoms with Gasteiger partial charge in [0.1, 0.15) is 0 Å². The molecule has 3 heteroatoms. The van der Waals surface area contributed by atoms with Crippen molar-refractivity contribution in [3.63, 3.8) is 0 Å². The fraction of sp³-hybridized carbons (Fsp3) is 0.818. The molecule has 0 aromatic heterocycles. The molecule has 1 radical (unpaired) electrons. The van der Waals surface area contributed by atoms with Gasteiger partial charge in [0, 0.05) is 19.4 Å². The third kappa shape index (κ3) is 7.77. The van der Waals surface area contributed by atoms with Gasteiger partial charge >= 0.3 is 0 Å². The highest BCUT2D eigenvalue weighted by Gasteiger charge is 2.04. The van der Waals surface area contributed by atoms with Gasteiger partial charge in [-0.05, 0) is 12.3 Å². The second kappa shape index (κ2) is 8.73. The van der Waals surface area contributed by atoms with E-state index in [0.29, 0.717) is 19.4 Å². The van der Waals surface area contributed by atoms with Gasteiger partial charge in [-0.25, -0.2) is 0 Å². The van der Waals surface area contributed by atoms with Gasteiger partial charge in [0.25, 0.3) is 0 Å². The summed E-state index contributed by atoms with van der Waals surface area (Å²) in [6.45, 7) is 4.62.